The smallest absolute Gasteiger partial charge is 0.308 e. The second kappa shape index (κ2) is 8.56. The van der Waals surface area contributed by atoms with Gasteiger partial charge in [-0.15, -0.1) is 0 Å². The minimum absolute atomic E-state index is 0.0330. The van der Waals surface area contributed by atoms with Gasteiger partial charge in [0.2, 0.25) is 0 Å². The Labute approximate surface area is 174 Å². The molecule has 0 saturated carbocycles. The number of hydrogen-bond acceptors (Lipinski definition) is 5. The lowest BCUT2D eigenvalue weighted by Crippen LogP contribution is -2.19. The molecule has 3 rings (SSSR count). The first-order valence-corrected chi connectivity index (χ1v) is 12.1. The van der Waals surface area contributed by atoms with Gasteiger partial charge in [-0.05, 0) is 60.7 Å². The van der Waals surface area contributed by atoms with E-state index < -0.39 is 25.9 Å². The summed E-state index contributed by atoms with van der Waals surface area (Å²) in [6.45, 7) is 0. The van der Waals surface area contributed by atoms with Crippen molar-refractivity contribution >= 4 is 43.0 Å². The number of benzene rings is 3. The Bertz CT molecular complexity index is 1240. The monoisotopic (exact) mass is 445 g/mol. The average Bonchev–Trinajstić information content (AvgIpc) is 2.69. The van der Waals surface area contributed by atoms with Crippen LogP contribution in [-0.4, -0.2) is 29.1 Å². The topological polar surface area (TPSA) is 121 Å². The van der Waals surface area contributed by atoms with Crippen molar-refractivity contribution < 1.29 is 21.6 Å². The maximum atomic E-state index is 12.5. The lowest BCUT2D eigenvalue weighted by Gasteiger charge is -2.10. The summed E-state index contributed by atoms with van der Waals surface area (Å²) in [6, 6.07) is 19.5. The molecule has 0 fully saturated rings. The first-order valence-electron chi connectivity index (χ1n) is 8.69. The van der Waals surface area contributed by atoms with Crippen molar-refractivity contribution in [3.05, 3.63) is 78.9 Å². The number of hydrogen-bond donors (Lipinski definition) is 3. The standard InChI is InChI=1S/C20H19N3O5S2/c1-29(25,26)18-11-13-19(14-12-18)30(27,28)23-17-9-7-16(8-10-17)22-20(24)21-15-5-3-2-4-6-15/h2-14,23H,1H3,(H2,21,22,24). The van der Waals surface area contributed by atoms with E-state index in [9.17, 15) is 21.6 Å². The van der Waals surface area contributed by atoms with Crippen LogP contribution in [0.1, 0.15) is 0 Å². The molecular weight excluding hydrogens is 426 g/mol. The highest BCUT2D eigenvalue weighted by Gasteiger charge is 2.16. The summed E-state index contributed by atoms with van der Waals surface area (Å²) in [4.78, 5) is 12.0. The van der Waals surface area contributed by atoms with E-state index in [0.29, 0.717) is 11.4 Å². The Morgan fingerprint density at radius 1 is 0.633 bits per heavy atom. The number of sulfonamides is 1. The van der Waals surface area contributed by atoms with E-state index in [1.807, 2.05) is 6.07 Å². The van der Waals surface area contributed by atoms with Gasteiger partial charge in [-0.1, -0.05) is 18.2 Å². The number of carbonyl (C=O) groups is 1. The van der Waals surface area contributed by atoms with Crippen LogP contribution in [0.5, 0.6) is 0 Å². The Balaban J connectivity index is 1.65. The normalized spacial score (nSPS) is 11.5. The van der Waals surface area contributed by atoms with Crippen LogP contribution < -0.4 is 15.4 Å². The summed E-state index contributed by atoms with van der Waals surface area (Å²) in [5.41, 5.74) is 1.40. The van der Waals surface area contributed by atoms with E-state index in [1.54, 1.807) is 36.4 Å². The van der Waals surface area contributed by atoms with Crippen molar-refractivity contribution in [1.29, 1.82) is 0 Å². The molecule has 0 spiro atoms. The molecule has 30 heavy (non-hydrogen) atoms. The predicted molar refractivity (Wildman–Crippen MR) is 116 cm³/mol. The molecule has 0 saturated heterocycles. The van der Waals surface area contributed by atoms with Gasteiger partial charge in [-0.3, -0.25) is 4.72 Å². The molecule has 8 nitrogen and oxygen atoms in total. The number of amides is 2. The first-order chi connectivity index (χ1) is 14.1. The third-order valence-electron chi connectivity index (χ3n) is 3.99. The lowest BCUT2D eigenvalue weighted by molar-refractivity contribution is 0.262. The number of urea groups is 1. The molecule has 156 valence electrons. The summed E-state index contributed by atoms with van der Waals surface area (Å²) in [5.74, 6) is 0. The minimum atomic E-state index is -3.90. The molecule has 10 heteroatoms. The molecule has 0 atom stereocenters. The van der Waals surface area contributed by atoms with Crippen LogP contribution in [0.15, 0.2) is 88.7 Å². The quantitative estimate of drug-likeness (QED) is 0.536. The summed E-state index contributed by atoms with van der Waals surface area (Å²) >= 11 is 0. The van der Waals surface area contributed by atoms with E-state index in [1.165, 1.54) is 36.4 Å². The van der Waals surface area contributed by atoms with Gasteiger partial charge in [0.1, 0.15) is 0 Å². The zero-order chi connectivity index (χ0) is 21.8. The van der Waals surface area contributed by atoms with Crippen molar-refractivity contribution in [2.45, 2.75) is 9.79 Å². The molecular formula is C20H19N3O5S2. The fraction of sp³-hybridized carbons (Fsp3) is 0.0500. The molecule has 3 N–H and O–H groups in total. The van der Waals surface area contributed by atoms with Crippen molar-refractivity contribution in [1.82, 2.24) is 0 Å². The Morgan fingerprint density at radius 3 is 1.63 bits per heavy atom. The molecule has 0 bridgehead atoms. The number of rotatable bonds is 6. The van der Waals surface area contributed by atoms with Gasteiger partial charge in [0, 0.05) is 23.3 Å². The van der Waals surface area contributed by atoms with Crippen LogP contribution in [-0.2, 0) is 19.9 Å². The largest absolute Gasteiger partial charge is 0.323 e. The van der Waals surface area contributed by atoms with Gasteiger partial charge in [-0.2, -0.15) is 0 Å². The van der Waals surface area contributed by atoms with Crippen LogP contribution in [0.4, 0.5) is 21.9 Å². The molecule has 0 aliphatic heterocycles. The summed E-state index contributed by atoms with van der Waals surface area (Å²) in [6.07, 6.45) is 1.05. The Morgan fingerprint density at radius 2 is 1.10 bits per heavy atom. The highest BCUT2D eigenvalue weighted by Crippen LogP contribution is 2.20. The van der Waals surface area contributed by atoms with Gasteiger partial charge in [-0.25, -0.2) is 21.6 Å². The van der Waals surface area contributed by atoms with Crippen molar-refractivity contribution in [2.75, 3.05) is 21.6 Å². The van der Waals surface area contributed by atoms with Gasteiger partial charge in [0.05, 0.1) is 9.79 Å². The van der Waals surface area contributed by atoms with Gasteiger partial charge < -0.3 is 10.6 Å². The number of nitrogens with one attached hydrogen (secondary N) is 3. The summed E-state index contributed by atoms with van der Waals surface area (Å²) in [7, 11) is -7.31. The minimum Gasteiger partial charge on any atom is -0.308 e. The molecule has 0 unspecified atom stereocenters. The van der Waals surface area contributed by atoms with E-state index in [-0.39, 0.29) is 15.5 Å². The Hall–Kier alpha value is -3.37. The fourth-order valence-corrected chi connectivity index (χ4v) is 4.21. The second-order valence-corrected chi connectivity index (χ2v) is 10.1. The summed E-state index contributed by atoms with van der Waals surface area (Å²) < 4.78 is 50.4. The Kier molecular flexibility index (Phi) is 6.09. The van der Waals surface area contributed by atoms with Crippen LogP contribution in [0.25, 0.3) is 0 Å². The number of anilines is 3. The fourth-order valence-electron chi connectivity index (χ4n) is 2.52. The number of carbonyl (C=O) groups excluding carboxylic acids is 1. The highest BCUT2D eigenvalue weighted by atomic mass is 32.2. The maximum absolute atomic E-state index is 12.5. The average molecular weight is 446 g/mol. The predicted octanol–water partition coefficient (Wildman–Crippen LogP) is 3.53. The van der Waals surface area contributed by atoms with Crippen LogP contribution in [0, 0.1) is 0 Å². The third kappa shape index (κ3) is 5.58. The lowest BCUT2D eigenvalue weighted by atomic mass is 10.3. The van der Waals surface area contributed by atoms with E-state index in [0.717, 1.165) is 6.26 Å². The molecule has 0 radical (unpaired) electrons. The molecule has 0 aliphatic carbocycles. The molecule has 0 aliphatic rings. The van der Waals surface area contributed by atoms with Crippen LogP contribution in [0.2, 0.25) is 0 Å². The van der Waals surface area contributed by atoms with E-state index >= 15 is 0 Å². The second-order valence-electron chi connectivity index (χ2n) is 6.37. The zero-order valence-corrected chi connectivity index (χ0v) is 17.5. The first kappa shape index (κ1) is 21.3. The van der Waals surface area contributed by atoms with Crippen molar-refractivity contribution in [3.63, 3.8) is 0 Å². The van der Waals surface area contributed by atoms with Crippen LogP contribution >= 0.6 is 0 Å². The molecule has 0 heterocycles. The SMILES string of the molecule is CS(=O)(=O)c1ccc(S(=O)(=O)Nc2ccc(NC(=O)Nc3ccccc3)cc2)cc1. The molecule has 2 amide bonds. The molecule has 0 aromatic heterocycles. The molecule has 3 aromatic carbocycles. The van der Waals surface area contributed by atoms with Gasteiger partial charge >= 0.3 is 6.03 Å². The van der Waals surface area contributed by atoms with E-state index in [4.69, 9.17) is 0 Å². The molecule has 3 aromatic rings. The zero-order valence-electron chi connectivity index (χ0n) is 15.9. The number of sulfone groups is 1. The third-order valence-corrected chi connectivity index (χ3v) is 6.51. The van der Waals surface area contributed by atoms with Crippen LogP contribution in [0.3, 0.4) is 0 Å². The highest BCUT2D eigenvalue weighted by molar-refractivity contribution is 7.92. The summed E-state index contributed by atoms with van der Waals surface area (Å²) in [5, 5.41) is 5.32. The van der Waals surface area contributed by atoms with E-state index in [2.05, 4.69) is 15.4 Å². The van der Waals surface area contributed by atoms with Crippen molar-refractivity contribution in [3.8, 4) is 0 Å². The van der Waals surface area contributed by atoms with Crippen molar-refractivity contribution in [2.24, 2.45) is 0 Å². The van der Waals surface area contributed by atoms with Gasteiger partial charge in [0.15, 0.2) is 9.84 Å². The van der Waals surface area contributed by atoms with Gasteiger partial charge in [0.25, 0.3) is 10.0 Å². The maximum Gasteiger partial charge on any atom is 0.323 e. The number of para-hydroxylation sites is 1.